The molecule has 0 fully saturated rings. The molecular formula is C40H28. The Labute approximate surface area is 234 Å². The van der Waals surface area contributed by atoms with Gasteiger partial charge in [0, 0.05) is 5.41 Å². The van der Waals surface area contributed by atoms with Crippen LogP contribution in [0, 0.1) is 0 Å². The molecule has 0 amide bonds. The Morgan fingerprint density at radius 1 is 0.600 bits per heavy atom. The van der Waals surface area contributed by atoms with Gasteiger partial charge in [-0.1, -0.05) is 123 Å². The third-order valence-electron chi connectivity index (χ3n) is 9.62. The van der Waals surface area contributed by atoms with Crippen molar-refractivity contribution in [1.82, 2.24) is 0 Å². The highest BCUT2D eigenvalue weighted by Gasteiger charge is 2.43. The van der Waals surface area contributed by atoms with Crippen LogP contribution in [0.5, 0.6) is 0 Å². The Balaban J connectivity index is 1.28. The van der Waals surface area contributed by atoms with Crippen LogP contribution in [-0.2, 0) is 11.8 Å². The van der Waals surface area contributed by atoms with E-state index >= 15 is 0 Å². The Morgan fingerprint density at radius 2 is 1.38 bits per heavy atom. The first-order valence-electron chi connectivity index (χ1n) is 14.3. The Morgan fingerprint density at radius 3 is 2.25 bits per heavy atom. The lowest BCUT2D eigenvalue weighted by molar-refractivity contribution is 0.705. The van der Waals surface area contributed by atoms with Gasteiger partial charge in [0.25, 0.3) is 0 Å². The SMILES string of the molecule is CC1(C)C2=C(c3cc(-c4ccc5c6c(c7ccccc7c5c4)C=CC=CC6)ccc31)c1cccc3cccc2c13. The maximum Gasteiger partial charge on any atom is 0.0165 e. The van der Waals surface area contributed by atoms with Crippen LogP contribution >= 0.6 is 0 Å². The fourth-order valence-corrected chi connectivity index (χ4v) is 7.86. The van der Waals surface area contributed by atoms with Crippen LogP contribution in [0.1, 0.15) is 47.2 Å². The highest BCUT2D eigenvalue weighted by atomic mass is 14.5. The van der Waals surface area contributed by atoms with Gasteiger partial charge in [0.15, 0.2) is 0 Å². The minimum absolute atomic E-state index is 0.0330. The third-order valence-corrected chi connectivity index (χ3v) is 9.62. The molecule has 6 aromatic rings. The molecule has 0 bridgehead atoms. The lowest BCUT2D eigenvalue weighted by Gasteiger charge is -2.25. The molecule has 0 heteroatoms. The summed E-state index contributed by atoms with van der Waals surface area (Å²) in [6.45, 7) is 4.80. The standard InChI is InChI=1S/C40H28/c1-40(2)36-21-19-26(23-35(36)38-32-16-8-10-24-11-9-17-33(37(24)32)39(38)40)25-18-20-31-29-13-5-3-4-12-27(29)28-14-6-7-15-30(28)34(31)22-25/h3-12,14-23H,13H2,1-2H3. The number of hydrogen-bond acceptors (Lipinski definition) is 0. The molecule has 3 aliphatic rings. The largest absolute Gasteiger partial charge is 0.0801 e. The summed E-state index contributed by atoms with van der Waals surface area (Å²) in [5.74, 6) is 0. The second-order valence-corrected chi connectivity index (χ2v) is 12.0. The van der Waals surface area contributed by atoms with Gasteiger partial charge in [-0.2, -0.15) is 0 Å². The average Bonchev–Trinajstić information content (AvgIpc) is 3.30. The zero-order chi connectivity index (χ0) is 26.6. The summed E-state index contributed by atoms with van der Waals surface area (Å²) in [5.41, 5.74) is 13.9. The van der Waals surface area contributed by atoms with E-state index in [-0.39, 0.29) is 5.41 Å². The molecule has 9 rings (SSSR count). The highest BCUT2D eigenvalue weighted by Crippen LogP contribution is 2.59. The van der Waals surface area contributed by atoms with Gasteiger partial charge in [-0.05, 0) is 107 Å². The molecular weight excluding hydrogens is 480 g/mol. The monoisotopic (exact) mass is 508 g/mol. The van der Waals surface area contributed by atoms with E-state index in [4.69, 9.17) is 0 Å². The third kappa shape index (κ3) is 2.76. The van der Waals surface area contributed by atoms with Crippen LogP contribution in [0.4, 0.5) is 0 Å². The summed E-state index contributed by atoms with van der Waals surface area (Å²) in [7, 11) is 0. The number of hydrogen-bond donors (Lipinski definition) is 0. The number of benzene rings is 6. The molecule has 0 radical (unpaired) electrons. The van der Waals surface area contributed by atoms with Crippen LogP contribution in [0.3, 0.4) is 0 Å². The lowest BCUT2D eigenvalue weighted by Crippen LogP contribution is -2.16. The van der Waals surface area contributed by atoms with Crippen molar-refractivity contribution in [3.05, 3.63) is 149 Å². The number of fused-ring (bicyclic) bond motifs is 10. The predicted molar refractivity (Wildman–Crippen MR) is 172 cm³/mol. The molecule has 6 aromatic carbocycles. The van der Waals surface area contributed by atoms with Crippen LogP contribution in [-0.4, -0.2) is 0 Å². The van der Waals surface area contributed by atoms with Crippen molar-refractivity contribution in [3.63, 3.8) is 0 Å². The van der Waals surface area contributed by atoms with Crippen molar-refractivity contribution >= 4 is 49.5 Å². The minimum atomic E-state index is -0.0330. The van der Waals surface area contributed by atoms with Gasteiger partial charge in [-0.15, -0.1) is 0 Å². The van der Waals surface area contributed by atoms with E-state index in [1.807, 2.05) is 0 Å². The predicted octanol–water partition coefficient (Wildman–Crippen LogP) is 10.5. The van der Waals surface area contributed by atoms with Gasteiger partial charge in [-0.25, -0.2) is 0 Å². The molecule has 0 atom stereocenters. The fraction of sp³-hybridized carbons (Fsp3) is 0.100. The Kier molecular flexibility index (Phi) is 4.27. The van der Waals surface area contributed by atoms with Gasteiger partial charge >= 0.3 is 0 Å². The smallest absolute Gasteiger partial charge is 0.0165 e. The molecule has 0 saturated heterocycles. The molecule has 188 valence electrons. The van der Waals surface area contributed by atoms with Crippen molar-refractivity contribution in [3.8, 4) is 11.1 Å². The van der Waals surface area contributed by atoms with E-state index in [0.29, 0.717) is 0 Å². The first kappa shape index (κ1) is 22.2. The van der Waals surface area contributed by atoms with Crippen LogP contribution in [0.15, 0.2) is 115 Å². The zero-order valence-electron chi connectivity index (χ0n) is 22.8. The molecule has 0 nitrogen and oxygen atoms in total. The summed E-state index contributed by atoms with van der Waals surface area (Å²) in [6.07, 6.45) is 9.86. The van der Waals surface area contributed by atoms with Crippen molar-refractivity contribution in [2.45, 2.75) is 25.7 Å². The van der Waals surface area contributed by atoms with E-state index in [9.17, 15) is 0 Å². The van der Waals surface area contributed by atoms with Crippen LogP contribution in [0.25, 0.3) is 60.7 Å². The second-order valence-electron chi connectivity index (χ2n) is 12.0. The van der Waals surface area contributed by atoms with Crippen LogP contribution < -0.4 is 0 Å². The second kappa shape index (κ2) is 7.71. The Bertz CT molecular complexity index is 2190. The maximum atomic E-state index is 2.46. The van der Waals surface area contributed by atoms with Crippen molar-refractivity contribution in [2.75, 3.05) is 0 Å². The first-order valence-corrected chi connectivity index (χ1v) is 14.3. The van der Waals surface area contributed by atoms with Crippen molar-refractivity contribution < 1.29 is 0 Å². The van der Waals surface area contributed by atoms with Crippen LogP contribution in [0.2, 0.25) is 0 Å². The zero-order valence-corrected chi connectivity index (χ0v) is 22.8. The number of rotatable bonds is 1. The fourth-order valence-electron chi connectivity index (χ4n) is 7.86. The van der Waals surface area contributed by atoms with E-state index in [2.05, 4.69) is 135 Å². The van der Waals surface area contributed by atoms with Gasteiger partial charge in [-0.3, -0.25) is 0 Å². The molecule has 0 unspecified atom stereocenters. The average molecular weight is 509 g/mol. The van der Waals surface area contributed by atoms with E-state index in [1.54, 1.807) is 0 Å². The molecule has 0 aromatic heterocycles. The molecule has 0 heterocycles. The maximum absolute atomic E-state index is 2.46. The van der Waals surface area contributed by atoms with Gasteiger partial charge in [0.2, 0.25) is 0 Å². The normalized spacial score (nSPS) is 16.1. The summed E-state index contributed by atoms with van der Waals surface area (Å²) >= 11 is 0. The summed E-state index contributed by atoms with van der Waals surface area (Å²) in [6, 6.07) is 36.8. The van der Waals surface area contributed by atoms with E-state index in [0.717, 1.165) is 6.42 Å². The first-order chi connectivity index (χ1) is 19.6. The van der Waals surface area contributed by atoms with Crippen molar-refractivity contribution in [2.24, 2.45) is 0 Å². The molecule has 0 N–H and O–H groups in total. The number of allylic oxidation sites excluding steroid dienone is 4. The Hall–Kier alpha value is -4.68. The summed E-state index contributed by atoms with van der Waals surface area (Å²) in [4.78, 5) is 0. The van der Waals surface area contributed by atoms with Gasteiger partial charge < -0.3 is 0 Å². The minimum Gasteiger partial charge on any atom is -0.0801 e. The van der Waals surface area contributed by atoms with E-state index in [1.165, 1.54) is 88.0 Å². The molecule has 40 heavy (non-hydrogen) atoms. The van der Waals surface area contributed by atoms with Gasteiger partial charge in [0.05, 0.1) is 0 Å². The summed E-state index contributed by atoms with van der Waals surface area (Å²) < 4.78 is 0. The lowest BCUT2D eigenvalue weighted by atomic mass is 9.78. The van der Waals surface area contributed by atoms with Crippen molar-refractivity contribution in [1.29, 1.82) is 0 Å². The summed E-state index contributed by atoms with van der Waals surface area (Å²) in [5, 5.41) is 8.12. The molecule has 0 aliphatic heterocycles. The molecule has 0 saturated carbocycles. The molecule has 0 spiro atoms. The van der Waals surface area contributed by atoms with E-state index < -0.39 is 0 Å². The topological polar surface area (TPSA) is 0 Å². The molecule has 3 aliphatic carbocycles. The quantitative estimate of drug-likeness (QED) is 0.194. The highest BCUT2D eigenvalue weighted by molar-refractivity contribution is 6.22. The van der Waals surface area contributed by atoms with Gasteiger partial charge in [0.1, 0.15) is 0 Å².